The third-order valence-corrected chi connectivity index (χ3v) is 6.73. The summed E-state index contributed by atoms with van der Waals surface area (Å²) in [5.74, 6) is -1.08. The molecular weight excluding hydrogens is 449 g/mol. The normalized spacial score (nSPS) is 12.1. The van der Waals surface area contributed by atoms with E-state index in [0.29, 0.717) is 0 Å². The van der Waals surface area contributed by atoms with Crippen LogP contribution in [0.15, 0.2) is 40.2 Å². The molecule has 0 saturated heterocycles. The van der Waals surface area contributed by atoms with E-state index in [1.165, 1.54) is 44.6 Å². The van der Waals surface area contributed by atoms with Crippen molar-refractivity contribution < 1.29 is 13.5 Å². The molecule has 0 radical (unpaired) electrons. The first kappa shape index (κ1) is 22.1. The van der Waals surface area contributed by atoms with Gasteiger partial charge in [-0.15, -0.1) is 4.99 Å². The maximum atomic E-state index is 12.6. The van der Waals surface area contributed by atoms with Crippen LogP contribution in [-0.2, 0) is 10.0 Å². The highest BCUT2D eigenvalue weighted by Crippen LogP contribution is 2.44. The highest BCUT2D eigenvalue weighted by Gasteiger charge is 2.30. The topological polar surface area (TPSA) is 123 Å². The van der Waals surface area contributed by atoms with Crippen molar-refractivity contribution in [3.63, 3.8) is 0 Å². The highest BCUT2D eigenvalue weighted by atomic mass is 35.5. The smallest absolute Gasteiger partial charge is 0.247 e. The average Bonchev–Trinajstić information content (AvgIpc) is 2.60. The second kappa shape index (κ2) is 8.43. The van der Waals surface area contributed by atoms with Crippen molar-refractivity contribution in [1.29, 1.82) is 5.26 Å². The number of aliphatic imine (C=N–C) groups is 1. The quantitative estimate of drug-likeness (QED) is 0.407. The van der Waals surface area contributed by atoms with Crippen molar-refractivity contribution in [2.75, 3.05) is 19.0 Å². The van der Waals surface area contributed by atoms with Gasteiger partial charge in [0.2, 0.25) is 22.2 Å². The number of phenolic OH excluding ortho intramolecular Hbond substituents is 1. The molecule has 0 bridgehead atoms. The largest absolute Gasteiger partial charge is 0.504 e. The van der Waals surface area contributed by atoms with E-state index in [2.05, 4.69) is 4.99 Å². The molecule has 3 N–H and O–H groups in total. The Morgan fingerprint density at radius 3 is 2.36 bits per heavy atom. The Labute approximate surface area is 177 Å². The molecule has 0 spiro atoms. The van der Waals surface area contributed by atoms with Crippen molar-refractivity contribution in [2.24, 2.45) is 10.7 Å². The number of hydrogen-bond donors (Lipinski definition) is 2. The molecule has 8 nitrogen and oxygen atoms in total. The van der Waals surface area contributed by atoms with E-state index in [0.717, 1.165) is 9.21 Å². The summed E-state index contributed by atoms with van der Waals surface area (Å²) in [5, 5.41) is 19.7. The van der Waals surface area contributed by atoms with Crippen LogP contribution in [-0.4, -0.2) is 37.9 Å². The van der Waals surface area contributed by atoms with Crippen LogP contribution in [0.25, 0.3) is 0 Å². The molecule has 0 aromatic heterocycles. The van der Waals surface area contributed by atoms with Crippen LogP contribution < -0.4 is 10.6 Å². The molecule has 2 rings (SSSR count). The minimum absolute atomic E-state index is 0.0478. The number of benzene rings is 2. The minimum atomic E-state index is -4.11. The lowest BCUT2D eigenvalue weighted by molar-refractivity contribution is 0.454. The van der Waals surface area contributed by atoms with E-state index in [1.54, 1.807) is 6.07 Å². The highest BCUT2D eigenvalue weighted by molar-refractivity contribution is 7.89. The number of phenols is 1. The van der Waals surface area contributed by atoms with Gasteiger partial charge in [0, 0.05) is 14.1 Å². The van der Waals surface area contributed by atoms with Gasteiger partial charge in [-0.25, -0.2) is 12.7 Å². The van der Waals surface area contributed by atoms with Gasteiger partial charge in [-0.05, 0) is 24.3 Å². The van der Waals surface area contributed by atoms with Gasteiger partial charge in [-0.1, -0.05) is 40.9 Å². The van der Waals surface area contributed by atoms with Crippen molar-refractivity contribution in [3.05, 3.63) is 45.4 Å². The Morgan fingerprint density at radius 1 is 1.14 bits per heavy atom. The fourth-order valence-corrected chi connectivity index (χ4v) is 4.14. The standard InChI is InChI=1S/C16H14Cl3N5O3S/c1-23(2)28(26,27)15-10(18)6-7-12(14(15)25)24(16(21)22-8-20)11-5-3-4-9(17)13(11)19/h3-7,25H,1-2H3,(H2,21,22). The van der Waals surface area contributed by atoms with Crippen LogP contribution in [0.3, 0.4) is 0 Å². The lowest BCUT2D eigenvalue weighted by Gasteiger charge is -2.26. The molecule has 0 aliphatic carbocycles. The molecule has 0 atom stereocenters. The van der Waals surface area contributed by atoms with Gasteiger partial charge in [-0.3, -0.25) is 4.90 Å². The van der Waals surface area contributed by atoms with Gasteiger partial charge in [0.15, 0.2) is 5.75 Å². The predicted octanol–water partition coefficient (Wildman–Crippen LogP) is 3.54. The summed E-state index contributed by atoms with van der Waals surface area (Å²) in [6, 6.07) is 7.15. The van der Waals surface area contributed by atoms with Gasteiger partial charge in [0.25, 0.3) is 0 Å². The monoisotopic (exact) mass is 461 g/mol. The predicted molar refractivity (Wildman–Crippen MR) is 110 cm³/mol. The fourth-order valence-electron chi connectivity index (χ4n) is 2.29. The number of nitrogens with two attached hydrogens (primary N) is 1. The van der Waals surface area contributed by atoms with Gasteiger partial charge >= 0.3 is 0 Å². The summed E-state index contributed by atoms with van der Waals surface area (Å²) in [6.07, 6.45) is 1.53. The second-order valence-electron chi connectivity index (χ2n) is 5.51. The number of nitrogens with zero attached hydrogens (tertiary/aromatic N) is 4. The molecule has 0 aliphatic rings. The number of anilines is 2. The number of guanidine groups is 1. The number of aromatic hydroxyl groups is 1. The number of hydrogen-bond acceptors (Lipinski definition) is 5. The second-order valence-corrected chi connectivity index (χ2v) is 8.79. The zero-order valence-electron chi connectivity index (χ0n) is 14.6. The summed E-state index contributed by atoms with van der Waals surface area (Å²) < 4.78 is 26.1. The molecule has 12 heteroatoms. The minimum Gasteiger partial charge on any atom is -0.504 e. The summed E-state index contributed by atoms with van der Waals surface area (Å²) in [4.78, 5) is 4.02. The maximum Gasteiger partial charge on any atom is 0.247 e. The lowest BCUT2D eigenvalue weighted by Crippen LogP contribution is -2.34. The van der Waals surface area contributed by atoms with Gasteiger partial charge in [-0.2, -0.15) is 5.26 Å². The lowest BCUT2D eigenvalue weighted by atomic mass is 10.2. The molecule has 0 unspecified atom stereocenters. The molecule has 0 heterocycles. The van der Waals surface area contributed by atoms with Crippen LogP contribution in [0.2, 0.25) is 15.1 Å². The van der Waals surface area contributed by atoms with Gasteiger partial charge < -0.3 is 10.8 Å². The molecule has 0 fully saturated rings. The van der Waals surface area contributed by atoms with Gasteiger partial charge in [0.1, 0.15) is 4.90 Å². The Hall–Kier alpha value is -2.22. The zero-order chi connectivity index (χ0) is 21.2. The van der Waals surface area contributed by atoms with Crippen molar-refractivity contribution in [3.8, 4) is 11.9 Å². The van der Waals surface area contributed by atoms with Crippen LogP contribution in [0, 0.1) is 11.5 Å². The SMILES string of the molecule is CN(C)S(=O)(=O)c1c(Cl)ccc(N(C(N)=NC#N)c2cccc(Cl)c2Cl)c1O. The number of sulfonamides is 1. The number of nitriles is 1. The summed E-state index contributed by atoms with van der Waals surface area (Å²) in [5.41, 5.74) is 5.93. The van der Waals surface area contributed by atoms with E-state index in [9.17, 15) is 13.5 Å². The molecule has 0 aliphatic heterocycles. The summed E-state index contributed by atoms with van der Waals surface area (Å²) in [7, 11) is -1.54. The Kier molecular flexibility index (Phi) is 6.64. The van der Waals surface area contributed by atoms with E-state index in [-0.39, 0.29) is 32.4 Å². The Balaban J connectivity index is 2.89. The molecule has 0 saturated carbocycles. The van der Waals surface area contributed by atoms with Crippen molar-refractivity contribution in [2.45, 2.75) is 4.90 Å². The average molecular weight is 463 g/mol. The number of rotatable bonds is 4. The van der Waals surface area contributed by atoms with Crippen LogP contribution in [0.5, 0.6) is 5.75 Å². The molecule has 148 valence electrons. The molecular formula is C16H14Cl3N5O3S. The third-order valence-electron chi connectivity index (χ3n) is 3.61. The third kappa shape index (κ3) is 3.97. The van der Waals surface area contributed by atoms with E-state index >= 15 is 0 Å². The summed E-state index contributed by atoms with van der Waals surface area (Å²) in [6.45, 7) is 0. The Morgan fingerprint density at radius 2 is 1.79 bits per heavy atom. The van der Waals surface area contributed by atoms with Crippen molar-refractivity contribution >= 4 is 62.2 Å². The summed E-state index contributed by atoms with van der Waals surface area (Å²) >= 11 is 18.3. The first-order valence-electron chi connectivity index (χ1n) is 7.44. The fraction of sp³-hybridized carbons (Fsp3) is 0.125. The van der Waals surface area contributed by atoms with E-state index in [1.807, 2.05) is 0 Å². The van der Waals surface area contributed by atoms with Crippen LogP contribution in [0.1, 0.15) is 0 Å². The van der Waals surface area contributed by atoms with Crippen LogP contribution >= 0.6 is 34.8 Å². The zero-order valence-corrected chi connectivity index (χ0v) is 17.6. The van der Waals surface area contributed by atoms with E-state index in [4.69, 9.17) is 45.8 Å². The van der Waals surface area contributed by atoms with Crippen LogP contribution in [0.4, 0.5) is 11.4 Å². The van der Waals surface area contributed by atoms with Gasteiger partial charge in [0.05, 0.1) is 26.4 Å². The first-order valence-corrected chi connectivity index (χ1v) is 10.0. The molecule has 2 aromatic carbocycles. The molecule has 28 heavy (non-hydrogen) atoms. The maximum absolute atomic E-state index is 12.6. The number of halogens is 3. The molecule has 2 aromatic rings. The first-order chi connectivity index (χ1) is 13.0. The molecule has 0 amide bonds. The Bertz CT molecular complexity index is 1100. The van der Waals surface area contributed by atoms with Crippen molar-refractivity contribution in [1.82, 2.24) is 4.31 Å². The van der Waals surface area contributed by atoms with E-state index < -0.39 is 20.7 Å².